The van der Waals surface area contributed by atoms with E-state index in [4.69, 9.17) is 0 Å². The van der Waals surface area contributed by atoms with Gasteiger partial charge in [-0.15, -0.1) is 0 Å². The number of hydrogen-bond acceptors (Lipinski definition) is 3. The summed E-state index contributed by atoms with van der Waals surface area (Å²) in [6.45, 7) is 3.49. The number of hydrogen-bond donors (Lipinski definition) is 1. The molecule has 1 amide bonds. The monoisotopic (exact) mass is 411 g/mol. The van der Waals surface area contributed by atoms with E-state index in [2.05, 4.69) is 10.1 Å². The van der Waals surface area contributed by atoms with E-state index in [9.17, 15) is 35.9 Å². The number of methoxy groups -OCH3 is 1. The fraction of sp³-hybridized carbons (Fsp3) is 0.444. The second-order valence-corrected chi connectivity index (χ2v) is 6.25. The smallest absolute Gasteiger partial charge is 0.416 e. The lowest BCUT2D eigenvalue weighted by Crippen LogP contribution is -2.42. The first kappa shape index (κ1) is 23.5. The summed E-state index contributed by atoms with van der Waals surface area (Å²) in [5.41, 5.74) is -2.67. The molecule has 0 radical (unpaired) electrons. The van der Waals surface area contributed by atoms with Gasteiger partial charge in [-0.1, -0.05) is 11.6 Å². The normalized spacial score (nSPS) is 12.9. The number of ether oxygens (including phenoxy) is 1. The average molecular weight is 411 g/mol. The molecule has 1 N–H and O–H groups in total. The molecule has 1 rings (SSSR count). The van der Waals surface area contributed by atoms with E-state index in [-0.39, 0.29) is 12.5 Å². The number of carbonyl (C=O) groups is 2. The molecule has 0 spiro atoms. The first-order valence-corrected chi connectivity index (χ1v) is 8.03. The number of nitrogens with one attached hydrogen (secondary N) is 1. The van der Waals surface area contributed by atoms with Crippen molar-refractivity contribution in [3.8, 4) is 0 Å². The van der Waals surface area contributed by atoms with Gasteiger partial charge >= 0.3 is 18.3 Å². The summed E-state index contributed by atoms with van der Waals surface area (Å²) >= 11 is 0. The van der Waals surface area contributed by atoms with Gasteiger partial charge in [0.25, 0.3) is 0 Å². The van der Waals surface area contributed by atoms with Gasteiger partial charge in [-0.2, -0.15) is 26.3 Å². The highest BCUT2D eigenvalue weighted by atomic mass is 19.4. The van der Waals surface area contributed by atoms with E-state index in [0.717, 1.165) is 12.7 Å². The summed E-state index contributed by atoms with van der Waals surface area (Å²) in [6, 6.07) is -0.191. The second kappa shape index (κ2) is 9.11. The van der Waals surface area contributed by atoms with Crippen LogP contribution in [-0.4, -0.2) is 25.0 Å². The Labute approximate surface area is 157 Å². The van der Waals surface area contributed by atoms with Gasteiger partial charge < -0.3 is 10.1 Å². The predicted octanol–water partition coefficient (Wildman–Crippen LogP) is 4.28. The number of rotatable bonds is 6. The Hall–Kier alpha value is -2.52. The molecule has 1 aromatic carbocycles. The van der Waals surface area contributed by atoms with Crippen LogP contribution in [0, 0.1) is 0 Å². The average Bonchev–Trinajstić information content (AvgIpc) is 2.55. The van der Waals surface area contributed by atoms with Gasteiger partial charge in [-0.05, 0) is 44.0 Å². The Kier molecular flexibility index (Phi) is 7.66. The van der Waals surface area contributed by atoms with Crippen LogP contribution < -0.4 is 5.32 Å². The van der Waals surface area contributed by atoms with Gasteiger partial charge in [0.2, 0.25) is 5.91 Å². The lowest BCUT2D eigenvalue weighted by molar-refractivity contribution is -0.145. The van der Waals surface area contributed by atoms with Crippen LogP contribution in [0.4, 0.5) is 26.3 Å². The molecule has 0 bridgehead atoms. The number of amides is 1. The molecule has 0 saturated heterocycles. The molecule has 0 aliphatic carbocycles. The minimum atomic E-state index is -5.01. The Balaban J connectivity index is 3.09. The highest BCUT2D eigenvalue weighted by molar-refractivity contribution is 5.85. The van der Waals surface area contributed by atoms with Gasteiger partial charge in [0.1, 0.15) is 6.04 Å². The number of allylic oxidation sites excluding steroid dienone is 1. The third kappa shape index (κ3) is 7.24. The minimum absolute atomic E-state index is 0.0204. The van der Waals surface area contributed by atoms with E-state index in [1.165, 1.54) is 0 Å². The fourth-order valence-corrected chi connectivity index (χ4v) is 2.26. The number of benzene rings is 1. The van der Waals surface area contributed by atoms with Crippen molar-refractivity contribution in [3.05, 3.63) is 46.5 Å². The topological polar surface area (TPSA) is 55.4 Å². The third-order valence-corrected chi connectivity index (χ3v) is 3.59. The molecule has 156 valence electrons. The summed E-state index contributed by atoms with van der Waals surface area (Å²) in [6.07, 6.45) is -9.09. The summed E-state index contributed by atoms with van der Waals surface area (Å²) in [4.78, 5) is 23.8. The highest BCUT2D eigenvalue weighted by Gasteiger charge is 2.37. The summed E-state index contributed by atoms with van der Waals surface area (Å²) in [7, 11) is 1.09. The maximum Gasteiger partial charge on any atom is 0.416 e. The molecule has 0 aliphatic rings. The molecular formula is C18H19F6NO3. The summed E-state index contributed by atoms with van der Waals surface area (Å²) < 4.78 is 81.8. The van der Waals surface area contributed by atoms with Crippen LogP contribution in [-0.2, 0) is 33.1 Å². The fourth-order valence-electron chi connectivity index (χ4n) is 2.26. The Bertz CT molecular complexity index is 716. The van der Waals surface area contributed by atoms with Crippen LogP contribution in [0.1, 0.15) is 37.0 Å². The van der Waals surface area contributed by atoms with Gasteiger partial charge in [-0.3, -0.25) is 4.79 Å². The maximum atomic E-state index is 12.9. The lowest BCUT2D eigenvalue weighted by Gasteiger charge is -2.17. The third-order valence-electron chi connectivity index (χ3n) is 3.59. The maximum absolute atomic E-state index is 12.9. The molecule has 0 unspecified atom stereocenters. The van der Waals surface area contributed by atoms with Gasteiger partial charge in [0.05, 0.1) is 24.7 Å². The van der Waals surface area contributed by atoms with Crippen LogP contribution in [0.2, 0.25) is 0 Å². The van der Waals surface area contributed by atoms with Crippen LogP contribution >= 0.6 is 0 Å². The second-order valence-electron chi connectivity index (χ2n) is 6.25. The number of carbonyl (C=O) groups excluding carboxylic acids is 2. The first-order valence-electron chi connectivity index (χ1n) is 8.03. The van der Waals surface area contributed by atoms with Crippen molar-refractivity contribution in [2.45, 2.75) is 45.1 Å². The van der Waals surface area contributed by atoms with Crippen molar-refractivity contribution in [1.82, 2.24) is 5.32 Å². The van der Waals surface area contributed by atoms with Crippen molar-refractivity contribution in [1.29, 1.82) is 0 Å². The van der Waals surface area contributed by atoms with Crippen LogP contribution in [0.15, 0.2) is 29.8 Å². The van der Waals surface area contributed by atoms with E-state index in [0.29, 0.717) is 12.1 Å². The van der Waals surface area contributed by atoms with Crippen molar-refractivity contribution in [2.24, 2.45) is 0 Å². The first-order chi connectivity index (χ1) is 12.7. The Morgan fingerprint density at radius 1 is 1.04 bits per heavy atom. The van der Waals surface area contributed by atoms with E-state index >= 15 is 0 Å². The molecule has 1 aromatic rings. The van der Waals surface area contributed by atoms with Gasteiger partial charge in [0, 0.05) is 0 Å². The molecule has 28 heavy (non-hydrogen) atoms. The molecule has 0 saturated carbocycles. The van der Waals surface area contributed by atoms with Gasteiger partial charge in [0.15, 0.2) is 0 Å². The van der Waals surface area contributed by atoms with Crippen molar-refractivity contribution in [2.75, 3.05) is 7.11 Å². The quantitative estimate of drug-likeness (QED) is 0.432. The zero-order chi connectivity index (χ0) is 21.7. The zero-order valence-electron chi connectivity index (χ0n) is 15.3. The van der Waals surface area contributed by atoms with Gasteiger partial charge in [-0.25, -0.2) is 4.79 Å². The van der Waals surface area contributed by atoms with E-state index in [1.54, 1.807) is 19.9 Å². The van der Waals surface area contributed by atoms with Crippen molar-refractivity contribution < 1.29 is 40.7 Å². The SMILES string of the molecule is COC(=O)[C@@H](CC=C(C)C)NC(=O)Cc1cc(C(F)(F)F)cc(C(F)(F)F)c1. The van der Waals surface area contributed by atoms with Crippen LogP contribution in [0.3, 0.4) is 0 Å². The van der Waals surface area contributed by atoms with E-state index < -0.39 is 53.4 Å². The van der Waals surface area contributed by atoms with Crippen molar-refractivity contribution in [3.63, 3.8) is 0 Å². The van der Waals surface area contributed by atoms with Crippen LogP contribution in [0.5, 0.6) is 0 Å². The lowest BCUT2D eigenvalue weighted by atomic mass is 10.0. The molecule has 4 nitrogen and oxygen atoms in total. The summed E-state index contributed by atoms with van der Waals surface area (Å²) in [5.74, 6) is -1.70. The number of alkyl halides is 6. The molecule has 10 heteroatoms. The molecule has 1 atom stereocenters. The largest absolute Gasteiger partial charge is 0.467 e. The number of esters is 1. The zero-order valence-corrected chi connectivity index (χ0v) is 15.3. The predicted molar refractivity (Wildman–Crippen MR) is 88.1 cm³/mol. The highest BCUT2D eigenvalue weighted by Crippen LogP contribution is 2.36. The Morgan fingerprint density at radius 2 is 1.54 bits per heavy atom. The summed E-state index contributed by atoms with van der Waals surface area (Å²) in [5, 5.41) is 2.27. The molecule has 0 heterocycles. The Morgan fingerprint density at radius 3 is 1.93 bits per heavy atom. The molecule has 0 aliphatic heterocycles. The molecular weight excluding hydrogens is 392 g/mol. The molecule has 0 fully saturated rings. The number of halogens is 6. The van der Waals surface area contributed by atoms with Crippen molar-refractivity contribution >= 4 is 11.9 Å². The van der Waals surface area contributed by atoms with Crippen LogP contribution in [0.25, 0.3) is 0 Å². The molecule has 0 aromatic heterocycles. The van der Waals surface area contributed by atoms with E-state index in [1.807, 2.05) is 0 Å². The standard InChI is InChI=1S/C18H19F6NO3/c1-10(2)4-5-14(16(27)28-3)25-15(26)8-11-6-12(17(19,20)21)9-13(7-11)18(22,23)24/h4,6-7,9,14H,5,8H2,1-3H3,(H,25,26)/t14-/m1/s1. The minimum Gasteiger partial charge on any atom is -0.467 e.